The molecule has 0 radical (unpaired) electrons. The lowest BCUT2D eigenvalue weighted by Crippen LogP contribution is -2.54. The maximum absolute atomic E-state index is 4.38. The average molecular weight is 414 g/mol. The molecule has 1 aliphatic heterocycles. The van der Waals surface area contributed by atoms with Crippen LogP contribution in [0.15, 0.2) is 35.3 Å². The Morgan fingerprint density at radius 1 is 1.05 bits per heavy atom. The molecule has 22 heavy (non-hydrogen) atoms. The van der Waals surface area contributed by atoms with Crippen molar-refractivity contribution in [1.29, 1.82) is 0 Å². The Labute approximate surface area is 150 Å². The molecule has 2 fully saturated rings. The number of benzene rings is 1. The van der Waals surface area contributed by atoms with E-state index in [1.54, 1.807) is 0 Å². The lowest BCUT2D eigenvalue weighted by atomic mass is 9.93. The van der Waals surface area contributed by atoms with Gasteiger partial charge in [-0.2, -0.15) is 0 Å². The summed E-state index contributed by atoms with van der Waals surface area (Å²) >= 11 is 0. The number of anilines is 1. The van der Waals surface area contributed by atoms with Crippen molar-refractivity contribution in [2.24, 2.45) is 4.99 Å². The third-order valence-corrected chi connectivity index (χ3v) is 4.55. The van der Waals surface area contributed by atoms with Gasteiger partial charge in [0.15, 0.2) is 5.96 Å². The number of nitrogens with one attached hydrogen (secondary N) is 2. The summed E-state index contributed by atoms with van der Waals surface area (Å²) in [5.41, 5.74) is 1.32. The Kier molecular flexibility index (Phi) is 6.79. The van der Waals surface area contributed by atoms with Gasteiger partial charge in [-0.25, -0.2) is 0 Å². The zero-order valence-corrected chi connectivity index (χ0v) is 15.6. The van der Waals surface area contributed by atoms with E-state index in [1.807, 2.05) is 7.05 Å². The quantitative estimate of drug-likeness (QED) is 0.454. The molecule has 122 valence electrons. The predicted molar refractivity (Wildman–Crippen MR) is 104 cm³/mol. The van der Waals surface area contributed by atoms with Gasteiger partial charge in [-0.15, -0.1) is 24.0 Å². The molecule has 1 saturated heterocycles. The van der Waals surface area contributed by atoms with Crippen LogP contribution in [0.2, 0.25) is 0 Å². The van der Waals surface area contributed by atoms with Gasteiger partial charge >= 0.3 is 0 Å². The molecule has 1 aliphatic carbocycles. The molecule has 1 unspecified atom stereocenters. The Balaban J connectivity index is 0.00000176. The van der Waals surface area contributed by atoms with E-state index >= 15 is 0 Å². The highest BCUT2D eigenvalue weighted by Gasteiger charge is 2.23. The minimum atomic E-state index is 0. The Bertz CT molecular complexity index is 473. The number of piperidine rings is 1. The van der Waals surface area contributed by atoms with E-state index in [0.717, 1.165) is 19.0 Å². The number of para-hydroxylation sites is 1. The topological polar surface area (TPSA) is 39.7 Å². The monoisotopic (exact) mass is 414 g/mol. The summed E-state index contributed by atoms with van der Waals surface area (Å²) in [5.74, 6) is 0.972. The first kappa shape index (κ1) is 17.4. The molecule has 0 aromatic heterocycles. The number of hydrogen-bond acceptors (Lipinski definition) is 2. The average Bonchev–Trinajstić information content (AvgIpc) is 2.51. The van der Waals surface area contributed by atoms with Crippen LogP contribution in [0.1, 0.15) is 32.1 Å². The van der Waals surface area contributed by atoms with Crippen molar-refractivity contribution in [3.05, 3.63) is 30.3 Å². The van der Waals surface area contributed by atoms with E-state index in [4.69, 9.17) is 0 Å². The number of aliphatic imine (C=N–C) groups is 1. The van der Waals surface area contributed by atoms with Crippen LogP contribution < -0.4 is 15.5 Å². The molecule has 1 saturated carbocycles. The largest absolute Gasteiger partial charge is 0.369 e. The van der Waals surface area contributed by atoms with Gasteiger partial charge in [0, 0.05) is 37.9 Å². The van der Waals surface area contributed by atoms with Crippen molar-refractivity contribution in [2.75, 3.05) is 25.0 Å². The fraction of sp³-hybridized carbons (Fsp3) is 0.588. The Hall–Kier alpha value is -0.980. The summed E-state index contributed by atoms with van der Waals surface area (Å²) in [7, 11) is 1.87. The highest BCUT2D eigenvalue weighted by Crippen LogP contribution is 2.20. The minimum Gasteiger partial charge on any atom is -0.369 e. The summed E-state index contributed by atoms with van der Waals surface area (Å²) in [6, 6.07) is 11.8. The van der Waals surface area contributed by atoms with E-state index in [-0.39, 0.29) is 24.0 Å². The molecule has 0 spiro atoms. The number of rotatable bonds is 3. The molecular weight excluding hydrogens is 387 g/mol. The van der Waals surface area contributed by atoms with Gasteiger partial charge in [0.2, 0.25) is 0 Å². The maximum Gasteiger partial charge on any atom is 0.191 e. The smallest absolute Gasteiger partial charge is 0.191 e. The SMILES string of the molecule is CN=C(NC1CCC1)NC1CCCN(c2ccccc2)C1.I. The number of halogens is 1. The first-order valence-corrected chi connectivity index (χ1v) is 8.15. The zero-order valence-electron chi connectivity index (χ0n) is 13.3. The first-order valence-electron chi connectivity index (χ1n) is 8.15. The van der Waals surface area contributed by atoms with E-state index in [0.29, 0.717) is 12.1 Å². The second kappa shape index (κ2) is 8.60. The summed E-state index contributed by atoms with van der Waals surface area (Å²) < 4.78 is 0. The molecule has 0 amide bonds. The molecule has 1 heterocycles. The molecule has 4 nitrogen and oxygen atoms in total. The normalized spacial score (nSPS) is 22.5. The molecule has 1 aromatic rings. The van der Waals surface area contributed by atoms with E-state index in [9.17, 15) is 0 Å². The van der Waals surface area contributed by atoms with E-state index in [2.05, 4.69) is 50.9 Å². The summed E-state index contributed by atoms with van der Waals surface area (Å²) in [6.07, 6.45) is 6.35. The van der Waals surface area contributed by atoms with Gasteiger partial charge in [0.05, 0.1) is 0 Å². The lowest BCUT2D eigenvalue weighted by molar-refractivity contribution is 0.375. The van der Waals surface area contributed by atoms with Crippen LogP contribution in [0.3, 0.4) is 0 Å². The Morgan fingerprint density at radius 3 is 2.36 bits per heavy atom. The van der Waals surface area contributed by atoms with Crippen molar-refractivity contribution in [3.63, 3.8) is 0 Å². The Morgan fingerprint density at radius 2 is 1.73 bits per heavy atom. The number of hydrogen-bond donors (Lipinski definition) is 2. The highest BCUT2D eigenvalue weighted by atomic mass is 127. The van der Waals surface area contributed by atoms with Gasteiger partial charge in [-0.3, -0.25) is 4.99 Å². The van der Waals surface area contributed by atoms with Crippen LogP contribution in [0.25, 0.3) is 0 Å². The van der Waals surface area contributed by atoms with Crippen LogP contribution in [0, 0.1) is 0 Å². The van der Waals surface area contributed by atoms with Crippen molar-refractivity contribution in [2.45, 2.75) is 44.2 Å². The first-order chi connectivity index (χ1) is 10.3. The van der Waals surface area contributed by atoms with Gasteiger partial charge in [-0.1, -0.05) is 18.2 Å². The molecule has 0 bridgehead atoms. The molecule has 3 rings (SSSR count). The molecule has 1 aromatic carbocycles. The van der Waals surface area contributed by atoms with Crippen molar-refractivity contribution >= 4 is 35.6 Å². The molecule has 1 atom stereocenters. The second-order valence-corrected chi connectivity index (χ2v) is 6.11. The molecule has 5 heteroatoms. The number of guanidine groups is 1. The summed E-state index contributed by atoms with van der Waals surface area (Å²) in [5, 5.41) is 7.13. The fourth-order valence-electron chi connectivity index (χ4n) is 3.08. The zero-order chi connectivity index (χ0) is 14.5. The third-order valence-electron chi connectivity index (χ3n) is 4.55. The molecular formula is C17H27IN4. The molecule has 2 N–H and O–H groups in total. The van der Waals surface area contributed by atoms with Crippen molar-refractivity contribution in [3.8, 4) is 0 Å². The van der Waals surface area contributed by atoms with Gasteiger partial charge in [-0.05, 0) is 44.2 Å². The van der Waals surface area contributed by atoms with Gasteiger partial charge in [0.25, 0.3) is 0 Å². The number of nitrogens with zero attached hydrogens (tertiary/aromatic N) is 2. The highest BCUT2D eigenvalue weighted by molar-refractivity contribution is 14.0. The van der Waals surface area contributed by atoms with Crippen molar-refractivity contribution < 1.29 is 0 Å². The second-order valence-electron chi connectivity index (χ2n) is 6.11. The predicted octanol–water partition coefficient (Wildman–Crippen LogP) is 2.99. The maximum atomic E-state index is 4.38. The molecule has 2 aliphatic rings. The van der Waals surface area contributed by atoms with E-state index in [1.165, 1.54) is 37.8 Å². The van der Waals surface area contributed by atoms with Crippen LogP contribution >= 0.6 is 24.0 Å². The van der Waals surface area contributed by atoms with Crippen LogP contribution in [-0.4, -0.2) is 38.2 Å². The van der Waals surface area contributed by atoms with Crippen LogP contribution in [-0.2, 0) is 0 Å². The lowest BCUT2D eigenvalue weighted by Gasteiger charge is -2.36. The van der Waals surface area contributed by atoms with Crippen LogP contribution in [0.5, 0.6) is 0 Å². The van der Waals surface area contributed by atoms with Crippen molar-refractivity contribution in [1.82, 2.24) is 10.6 Å². The van der Waals surface area contributed by atoms with E-state index < -0.39 is 0 Å². The fourth-order valence-corrected chi connectivity index (χ4v) is 3.08. The summed E-state index contributed by atoms with van der Waals surface area (Å²) in [4.78, 5) is 6.85. The van der Waals surface area contributed by atoms with Gasteiger partial charge in [0.1, 0.15) is 0 Å². The summed E-state index contributed by atoms with van der Waals surface area (Å²) in [6.45, 7) is 2.20. The standard InChI is InChI=1S/C17H26N4.HI/c1-18-17(19-14-7-5-8-14)20-15-9-6-12-21(13-15)16-10-3-2-4-11-16;/h2-4,10-11,14-15H,5-9,12-13H2,1H3,(H2,18,19,20);1H. The third kappa shape index (κ3) is 4.51. The van der Waals surface area contributed by atoms with Crippen LogP contribution in [0.4, 0.5) is 5.69 Å². The minimum absolute atomic E-state index is 0. The van der Waals surface area contributed by atoms with Gasteiger partial charge < -0.3 is 15.5 Å².